The van der Waals surface area contributed by atoms with Gasteiger partial charge in [0.15, 0.2) is 0 Å². The van der Waals surface area contributed by atoms with Gasteiger partial charge in [-0.25, -0.2) is 13.1 Å². The second-order valence-electron chi connectivity index (χ2n) is 5.03. The van der Waals surface area contributed by atoms with Crippen LogP contribution in [0.5, 0.6) is 0 Å². The summed E-state index contributed by atoms with van der Waals surface area (Å²) in [5, 5.41) is 0. The fourth-order valence-electron chi connectivity index (χ4n) is 2.04. The van der Waals surface area contributed by atoms with Crippen LogP contribution in [-0.2, 0) is 28.9 Å². The van der Waals surface area contributed by atoms with Crippen molar-refractivity contribution < 1.29 is 8.42 Å². The third-order valence-electron chi connectivity index (χ3n) is 3.36. The molecule has 5 heteroatoms. The molecule has 0 unspecified atom stereocenters. The normalized spacial score (nSPS) is 11.5. The topological polar surface area (TPSA) is 72.2 Å². The van der Waals surface area contributed by atoms with Crippen molar-refractivity contribution in [1.29, 1.82) is 0 Å². The number of aryl methyl sites for hydroxylation is 1. The Morgan fingerprint density at radius 2 is 1.62 bits per heavy atom. The van der Waals surface area contributed by atoms with E-state index in [9.17, 15) is 8.42 Å². The standard InChI is InChI=1S/C16H20N2O2S/c1-13-4-2-3-5-16(13)11-18-21(19,20)12-15-8-6-14(10-17)7-9-15/h2-9,18H,10-12,17H2,1H3. The molecule has 0 saturated heterocycles. The van der Waals surface area contributed by atoms with Gasteiger partial charge in [0.2, 0.25) is 10.0 Å². The molecular weight excluding hydrogens is 284 g/mol. The zero-order chi connectivity index (χ0) is 15.3. The highest BCUT2D eigenvalue weighted by molar-refractivity contribution is 7.88. The van der Waals surface area contributed by atoms with Gasteiger partial charge in [0, 0.05) is 13.1 Å². The monoisotopic (exact) mass is 304 g/mol. The first kappa shape index (κ1) is 15.7. The van der Waals surface area contributed by atoms with Crippen molar-refractivity contribution in [3.63, 3.8) is 0 Å². The van der Waals surface area contributed by atoms with Gasteiger partial charge in [0.1, 0.15) is 0 Å². The summed E-state index contributed by atoms with van der Waals surface area (Å²) in [6, 6.07) is 15.0. The van der Waals surface area contributed by atoms with Crippen molar-refractivity contribution in [3.8, 4) is 0 Å². The summed E-state index contributed by atoms with van der Waals surface area (Å²) in [6.07, 6.45) is 0. The van der Waals surface area contributed by atoms with Crippen LogP contribution in [0.25, 0.3) is 0 Å². The summed E-state index contributed by atoms with van der Waals surface area (Å²) in [7, 11) is -3.35. The Hall–Kier alpha value is -1.69. The average Bonchev–Trinajstić information content (AvgIpc) is 2.47. The molecule has 112 valence electrons. The van der Waals surface area contributed by atoms with Gasteiger partial charge in [-0.1, -0.05) is 48.5 Å². The first-order chi connectivity index (χ1) is 10.00. The second-order valence-corrected chi connectivity index (χ2v) is 6.83. The molecular formula is C16H20N2O2S. The maximum absolute atomic E-state index is 12.1. The predicted octanol–water partition coefficient (Wildman–Crippen LogP) is 2.07. The largest absolute Gasteiger partial charge is 0.326 e. The highest BCUT2D eigenvalue weighted by atomic mass is 32.2. The van der Waals surface area contributed by atoms with Crippen molar-refractivity contribution in [1.82, 2.24) is 4.72 Å². The summed E-state index contributed by atoms with van der Waals surface area (Å²) < 4.78 is 26.8. The lowest BCUT2D eigenvalue weighted by atomic mass is 10.1. The molecule has 0 saturated carbocycles. The van der Waals surface area contributed by atoms with Gasteiger partial charge >= 0.3 is 0 Å². The molecule has 0 spiro atoms. The maximum atomic E-state index is 12.1. The summed E-state index contributed by atoms with van der Waals surface area (Å²) >= 11 is 0. The van der Waals surface area contributed by atoms with Gasteiger partial charge in [0.25, 0.3) is 0 Å². The lowest BCUT2D eigenvalue weighted by molar-refractivity contribution is 0.580. The third-order valence-corrected chi connectivity index (χ3v) is 4.66. The zero-order valence-electron chi connectivity index (χ0n) is 12.0. The molecule has 2 aromatic rings. The molecule has 2 rings (SSSR count). The van der Waals surface area contributed by atoms with E-state index in [0.717, 1.165) is 22.3 Å². The van der Waals surface area contributed by atoms with Crippen LogP contribution >= 0.6 is 0 Å². The minimum atomic E-state index is -3.35. The van der Waals surface area contributed by atoms with E-state index in [1.807, 2.05) is 43.3 Å². The summed E-state index contributed by atoms with van der Waals surface area (Å²) in [6.45, 7) is 2.74. The van der Waals surface area contributed by atoms with E-state index in [-0.39, 0.29) is 5.75 Å². The number of hydrogen-bond acceptors (Lipinski definition) is 3. The lowest BCUT2D eigenvalue weighted by Gasteiger charge is -2.09. The van der Waals surface area contributed by atoms with Crippen LogP contribution in [0.2, 0.25) is 0 Å². The Bertz CT molecular complexity index is 694. The first-order valence-corrected chi connectivity index (χ1v) is 8.45. The highest BCUT2D eigenvalue weighted by Gasteiger charge is 2.11. The van der Waals surface area contributed by atoms with E-state index in [2.05, 4.69) is 4.72 Å². The van der Waals surface area contributed by atoms with Crippen LogP contribution in [0.4, 0.5) is 0 Å². The Morgan fingerprint density at radius 1 is 1.00 bits per heavy atom. The molecule has 0 fully saturated rings. The molecule has 0 aliphatic rings. The van der Waals surface area contributed by atoms with E-state index >= 15 is 0 Å². The Balaban J connectivity index is 2.00. The molecule has 4 nitrogen and oxygen atoms in total. The Morgan fingerprint density at radius 3 is 2.24 bits per heavy atom. The van der Waals surface area contributed by atoms with Crippen LogP contribution in [0.15, 0.2) is 48.5 Å². The molecule has 0 bridgehead atoms. The van der Waals surface area contributed by atoms with Crippen molar-refractivity contribution in [2.24, 2.45) is 5.73 Å². The number of benzene rings is 2. The van der Waals surface area contributed by atoms with Crippen LogP contribution in [0, 0.1) is 6.92 Å². The van der Waals surface area contributed by atoms with Gasteiger partial charge in [0.05, 0.1) is 5.75 Å². The number of nitrogens with one attached hydrogen (secondary N) is 1. The van der Waals surface area contributed by atoms with E-state index in [1.165, 1.54) is 0 Å². The summed E-state index contributed by atoms with van der Waals surface area (Å²) in [5.74, 6) is -0.0241. The van der Waals surface area contributed by atoms with Crippen molar-refractivity contribution in [3.05, 3.63) is 70.8 Å². The number of nitrogens with two attached hydrogens (primary N) is 1. The van der Waals surface area contributed by atoms with Gasteiger partial charge in [-0.3, -0.25) is 0 Å². The molecule has 0 atom stereocenters. The highest BCUT2D eigenvalue weighted by Crippen LogP contribution is 2.10. The van der Waals surface area contributed by atoms with E-state index in [0.29, 0.717) is 13.1 Å². The zero-order valence-corrected chi connectivity index (χ0v) is 12.9. The molecule has 21 heavy (non-hydrogen) atoms. The maximum Gasteiger partial charge on any atom is 0.216 e. The van der Waals surface area contributed by atoms with E-state index < -0.39 is 10.0 Å². The quantitative estimate of drug-likeness (QED) is 0.858. The Labute approximate surface area is 126 Å². The fourth-order valence-corrected chi connectivity index (χ4v) is 3.15. The molecule has 0 radical (unpaired) electrons. The summed E-state index contributed by atoms with van der Waals surface area (Å²) in [5.41, 5.74) is 9.33. The first-order valence-electron chi connectivity index (χ1n) is 6.80. The molecule has 0 heterocycles. The van der Waals surface area contributed by atoms with Crippen LogP contribution in [-0.4, -0.2) is 8.42 Å². The SMILES string of the molecule is Cc1ccccc1CNS(=O)(=O)Cc1ccc(CN)cc1. The third kappa shape index (κ3) is 4.67. The number of hydrogen-bond donors (Lipinski definition) is 2. The van der Waals surface area contributed by atoms with Gasteiger partial charge in [-0.2, -0.15) is 0 Å². The van der Waals surface area contributed by atoms with E-state index in [4.69, 9.17) is 5.73 Å². The van der Waals surface area contributed by atoms with E-state index in [1.54, 1.807) is 12.1 Å². The van der Waals surface area contributed by atoms with Crippen LogP contribution < -0.4 is 10.5 Å². The lowest BCUT2D eigenvalue weighted by Crippen LogP contribution is -2.25. The van der Waals surface area contributed by atoms with Crippen molar-refractivity contribution in [2.45, 2.75) is 25.8 Å². The number of sulfonamides is 1. The predicted molar refractivity (Wildman–Crippen MR) is 85.0 cm³/mol. The smallest absolute Gasteiger partial charge is 0.216 e. The molecule has 3 N–H and O–H groups in total. The average molecular weight is 304 g/mol. The van der Waals surface area contributed by atoms with Gasteiger partial charge in [-0.05, 0) is 29.2 Å². The van der Waals surface area contributed by atoms with Gasteiger partial charge in [-0.15, -0.1) is 0 Å². The van der Waals surface area contributed by atoms with Crippen molar-refractivity contribution in [2.75, 3.05) is 0 Å². The molecule has 0 aliphatic carbocycles. The molecule has 0 amide bonds. The summed E-state index contributed by atoms with van der Waals surface area (Å²) in [4.78, 5) is 0. The number of rotatable bonds is 6. The minimum absolute atomic E-state index is 0.0241. The van der Waals surface area contributed by atoms with Gasteiger partial charge < -0.3 is 5.73 Å². The molecule has 2 aromatic carbocycles. The van der Waals surface area contributed by atoms with Crippen molar-refractivity contribution >= 4 is 10.0 Å². The Kier molecular flexibility index (Phi) is 5.12. The minimum Gasteiger partial charge on any atom is -0.326 e. The molecule has 0 aliphatic heterocycles. The van der Waals surface area contributed by atoms with Crippen LogP contribution in [0.1, 0.15) is 22.3 Å². The van der Waals surface area contributed by atoms with Crippen LogP contribution in [0.3, 0.4) is 0 Å². The molecule has 0 aromatic heterocycles. The second kappa shape index (κ2) is 6.85. The fraction of sp³-hybridized carbons (Fsp3) is 0.250.